The van der Waals surface area contributed by atoms with Gasteiger partial charge in [0.1, 0.15) is 5.75 Å². The van der Waals surface area contributed by atoms with Crippen molar-refractivity contribution < 1.29 is 14.6 Å². The summed E-state index contributed by atoms with van der Waals surface area (Å²) in [4.78, 5) is 0. The van der Waals surface area contributed by atoms with E-state index >= 15 is 0 Å². The Bertz CT molecular complexity index is 669. The van der Waals surface area contributed by atoms with Crippen LogP contribution >= 0.6 is 0 Å². The van der Waals surface area contributed by atoms with Crippen LogP contribution in [0.2, 0.25) is 0 Å². The molecule has 4 heteroatoms. The van der Waals surface area contributed by atoms with Crippen LogP contribution in [0.15, 0.2) is 36.4 Å². The number of nitrogens with one attached hydrogen (secondary N) is 1. The number of aromatic hydroxyl groups is 1. The standard InChI is InChI=1S/C18H21NO3/c1-21-14-4-5-15-13(11-14)7-8-19-16(15)9-12-3-6-18(22-2)17(20)10-12/h3-6,10-11,16,19-20H,7-9H2,1-2H3/t16-/m0/s1. The molecule has 0 unspecified atom stereocenters. The van der Waals surface area contributed by atoms with Gasteiger partial charge in [0.05, 0.1) is 14.2 Å². The van der Waals surface area contributed by atoms with Crippen molar-refractivity contribution >= 4 is 0 Å². The molecule has 1 aliphatic heterocycles. The molecule has 0 spiro atoms. The van der Waals surface area contributed by atoms with E-state index in [9.17, 15) is 5.11 Å². The summed E-state index contributed by atoms with van der Waals surface area (Å²) in [6, 6.07) is 12.1. The molecule has 0 radical (unpaired) electrons. The van der Waals surface area contributed by atoms with Gasteiger partial charge in [0.15, 0.2) is 11.5 Å². The molecule has 22 heavy (non-hydrogen) atoms. The van der Waals surface area contributed by atoms with Crippen LogP contribution in [0.4, 0.5) is 0 Å². The summed E-state index contributed by atoms with van der Waals surface area (Å²) in [5, 5.41) is 13.5. The molecular formula is C18H21NO3. The lowest BCUT2D eigenvalue weighted by Crippen LogP contribution is -2.31. The number of phenolic OH excluding ortho intramolecular Hbond substituents is 1. The smallest absolute Gasteiger partial charge is 0.160 e. The van der Waals surface area contributed by atoms with E-state index in [0.29, 0.717) is 5.75 Å². The van der Waals surface area contributed by atoms with Crippen LogP contribution in [0.5, 0.6) is 17.2 Å². The molecule has 3 rings (SSSR count). The lowest BCUT2D eigenvalue weighted by Gasteiger charge is -2.27. The molecule has 2 N–H and O–H groups in total. The van der Waals surface area contributed by atoms with Gasteiger partial charge >= 0.3 is 0 Å². The molecule has 4 nitrogen and oxygen atoms in total. The van der Waals surface area contributed by atoms with Crippen molar-refractivity contribution in [3.05, 3.63) is 53.1 Å². The number of hydrogen-bond donors (Lipinski definition) is 2. The zero-order valence-electron chi connectivity index (χ0n) is 12.9. The SMILES string of the molecule is COc1ccc2c(c1)CCN[C@H]2Cc1ccc(OC)c(O)c1. The van der Waals surface area contributed by atoms with E-state index in [1.165, 1.54) is 11.1 Å². The summed E-state index contributed by atoms with van der Waals surface area (Å²) in [7, 11) is 3.25. The molecule has 0 saturated heterocycles. The molecule has 1 heterocycles. The largest absolute Gasteiger partial charge is 0.504 e. The Labute approximate surface area is 130 Å². The molecule has 0 fully saturated rings. The van der Waals surface area contributed by atoms with Gasteiger partial charge in [0, 0.05) is 6.04 Å². The van der Waals surface area contributed by atoms with Crippen LogP contribution in [0, 0.1) is 0 Å². The third kappa shape index (κ3) is 2.88. The summed E-state index contributed by atoms with van der Waals surface area (Å²) < 4.78 is 10.4. The Hall–Kier alpha value is -2.20. The molecule has 2 aromatic carbocycles. The van der Waals surface area contributed by atoms with E-state index in [1.807, 2.05) is 18.2 Å². The molecule has 1 atom stereocenters. The van der Waals surface area contributed by atoms with Gasteiger partial charge in [-0.25, -0.2) is 0 Å². The first-order valence-electron chi connectivity index (χ1n) is 7.47. The molecular weight excluding hydrogens is 278 g/mol. The molecule has 2 aromatic rings. The molecule has 0 bridgehead atoms. The third-order valence-electron chi connectivity index (χ3n) is 4.19. The number of benzene rings is 2. The third-order valence-corrected chi connectivity index (χ3v) is 4.19. The first-order chi connectivity index (χ1) is 10.7. The van der Waals surface area contributed by atoms with Crippen LogP contribution in [0.1, 0.15) is 22.7 Å². The second-order valence-corrected chi connectivity index (χ2v) is 5.53. The second kappa shape index (κ2) is 6.28. The lowest BCUT2D eigenvalue weighted by atomic mass is 9.90. The van der Waals surface area contributed by atoms with Gasteiger partial charge in [-0.15, -0.1) is 0 Å². The highest BCUT2D eigenvalue weighted by molar-refractivity contribution is 5.44. The van der Waals surface area contributed by atoms with Crippen LogP contribution in [-0.4, -0.2) is 25.9 Å². The minimum Gasteiger partial charge on any atom is -0.504 e. The van der Waals surface area contributed by atoms with E-state index < -0.39 is 0 Å². The summed E-state index contributed by atoms with van der Waals surface area (Å²) in [5.41, 5.74) is 3.72. The van der Waals surface area contributed by atoms with E-state index in [2.05, 4.69) is 17.4 Å². The fraction of sp³-hybridized carbons (Fsp3) is 0.333. The van der Waals surface area contributed by atoms with E-state index in [1.54, 1.807) is 20.3 Å². The van der Waals surface area contributed by atoms with Crippen molar-refractivity contribution in [2.75, 3.05) is 20.8 Å². The lowest BCUT2D eigenvalue weighted by molar-refractivity contribution is 0.372. The average molecular weight is 299 g/mol. The van der Waals surface area contributed by atoms with E-state index in [0.717, 1.165) is 30.7 Å². The number of ether oxygens (including phenoxy) is 2. The fourth-order valence-corrected chi connectivity index (χ4v) is 3.04. The van der Waals surface area contributed by atoms with Crippen molar-refractivity contribution in [2.45, 2.75) is 18.9 Å². The van der Waals surface area contributed by atoms with Crippen molar-refractivity contribution in [2.24, 2.45) is 0 Å². The van der Waals surface area contributed by atoms with Gasteiger partial charge in [0.2, 0.25) is 0 Å². The maximum atomic E-state index is 9.92. The highest BCUT2D eigenvalue weighted by Gasteiger charge is 2.20. The monoisotopic (exact) mass is 299 g/mol. The maximum Gasteiger partial charge on any atom is 0.160 e. The van der Waals surface area contributed by atoms with Gasteiger partial charge in [-0.1, -0.05) is 12.1 Å². The first-order valence-corrected chi connectivity index (χ1v) is 7.47. The topological polar surface area (TPSA) is 50.7 Å². The molecule has 1 aliphatic rings. The van der Waals surface area contributed by atoms with Gasteiger partial charge in [-0.2, -0.15) is 0 Å². The average Bonchev–Trinajstić information content (AvgIpc) is 2.55. The summed E-state index contributed by atoms with van der Waals surface area (Å²) in [6.07, 6.45) is 1.84. The molecule has 0 aliphatic carbocycles. The van der Waals surface area contributed by atoms with E-state index in [4.69, 9.17) is 9.47 Å². The van der Waals surface area contributed by atoms with Gasteiger partial charge in [-0.05, 0) is 60.3 Å². The Morgan fingerprint density at radius 3 is 2.73 bits per heavy atom. The van der Waals surface area contributed by atoms with E-state index in [-0.39, 0.29) is 11.8 Å². The highest BCUT2D eigenvalue weighted by Crippen LogP contribution is 2.31. The van der Waals surface area contributed by atoms with Crippen molar-refractivity contribution in [3.8, 4) is 17.2 Å². The van der Waals surface area contributed by atoms with Crippen LogP contribution in [0.3, 0.4) is 0 Å². The fourth-order valence-electron chi connectivity index (χ4n) is 3.04. The molecule has 0 aromatic heterocycles. The first kappa shape index (κ1) is 14.7. The second-order valence-electron chi connectivity index (χ2n) is 5.53. The van der Waals surface area contributed by atoms with Gasteiger partial charge in [0.25, 0.3) is 0 Å². The minimum absolute atomic E-state index is 0.186. The minimum atomic E-state index is 0.186. The number of hydrogen-bond acceptors (Lipinski definition) is 4. The zero-order valence-corrected chi connectivity index (χ0v) is 12.9. The highest BCUT2D eigenvalue weighted by atomic mass is 16.5. The maximum absolute atomic E-state index is 9.92. The number of methoxy groups -OCH3 is 2. The summed E-state index contributed by atoms with van der Waals surface area (Å²) >= 11 is 0. The molecule has 0 amide bonds. The molecule has 116 valence electrons. The number of rotatable bonds is 4. The summed E-state index contributed by atoms with van der Waals surface area (Å²) in [6.45, 7) is 0.951. The van der Waals surface area contributed by atoms with Crippen molar-refractivity contribution in [3.63, 3.8) is 0 Å². The number of phenols is 1. The van der Waals surface area contributed by atoms with Crippen LogP contribution in [0.25, 0.3) is 0 Å². The van der Waals surface area contributed by atoms with Gasteiger partial charge in [-0.3, -0.25) is 0 Å². The Morgan fingerprint density at radius 2 is 2.00 bits per heavy atom. The predicted octanol–water partition coefficient (Wildman–Crippen LogP) is 2.84. The van der Waals surface area contributed by atoms with Gasteiger partial charge < -0.3 is 19.9 Å². The zero-order chi connectivity index (χ0) is 15.5. The number of fused-ring (bicyclic) bond motifs is 1. The Balaban J connectivity index is 1.84. The Kier molecular flexibility index (Phi) is 4.20. The normalized spacial score (nSPS) is 16.9. The van der Waals surface area contributed by atoms with Crippen molar-refractivity contribution in [1.29, 1.82) is 0 Å². The predicted molar refractivity (Wildman–Crippen MR) is 85.8 cm³/mol. The Morgan fingerprint density at radius 1 is 1.14 bits per heavy atom. The van der Waals surface area contributed by atoms with Crippen LogP contribution in [-0.2, 0) is 12.8 Å². The summed E-state index contributed by atoms with van der Waals surface area (Å²) in [5.74, 6) is 1.60. The quantitative estimate of drug-likeness (QED) is 0.911. The van der Waals surface area contributed by atoms with Crippen LogP contribution < -0.4 is 14.8 Å². The van der Waals surface area contributed by atoms with Crippen molar-refractivity contribution in [1.82, 2.24) is 5.32 Å². The molecule has 0 saturated carbocycles.